The molecule has 1 aromatic heterocycles. The van der Waals surface area contributed by atoms with Crippen LogP contribution in [-0.4, -0.2) is 37.6 Å². The molecule has 0 spiro atoms. The van der Waals surface area contributed by atoms with Crippen molar-refractivity contribution < 1.29 is 27.1 Å². The first-order valence-corrected chi connectivity index (χ1v) is 9.35. The molecule has 0 fully saturated rings. The van der Waals surface area contributed by atoms with Gasteiger partial charge in [-0.15, -0.1) is 0 Å². The highest BCUT2D eigenvalue weighted by Crippen LogP contribution is 2.17. The van der Waals surface area contributed by atoms with Crippen molar-refractivity contribution in [1.82, 2.24) is 4.98 Å². The summed E-state index contributed by atoms with van der Waals surface area (Å²) < 4.78 is 41.6. The lowest BCUT2D eigenvalue weighted by atomic mass is 10.4. The molecule has 0 bridgehead atoms. The van der Waals surface area contributed by atoms with Crippen LogP contribution in [0, 0.1) is 5.82 Å². The van der Waals surface area contributed by atoms with Crippen LogP contribution in [-0.2, 0) is 24.2 Å². The van der Waals surface area contributed by atoms with Gasteiger partial charge in [-0.3, -0.25) is 9.59 Å². The van der Waals surface area contributed by atoms with Crippen molar-refractivity contribution >= 4 is 39.0 Å². The summed E-state index contributed by atoms with van der Waals surface area (Å²) in [5.41, 5.74) is 0.258. The number of ether oxygens (including phenoxy) is 1. The monoisotopic (exact) mass is 400 g/mol. The fraction of sp³-hybridized carbons (Fsp3) is 0.188. The number of nitrogens with one attached hydrogen (secondary N) is 1. The second-order valence-corrected chi connectivity index (χ2v) is 7.54. The van der Waals surface area contributed by atoms with Crippen molar-refractivity contribution in [2.75, 3.05) is 17.7 Å². The van der Waals surface area contributed by atoms with Gasteiger partial charge < -0.3 is 10.1 Å². The summed E-state index contributed by atoms with van der Waals surface area (Å²) in [4.78, 5) is 27.0. The van der Waals surface area contributed by atoms with Crippen LogP contribution in [0.4, 0.5) is 10.1 Å². The van der Waals surface area contributed by atoms with Crippen molar-refractivity contribution in [1.29, 1.82) is 0 Å². The fourth-order valence-corrected chi connectivity index (χ4v) is 3.25. The van der Waals surface area contributed by atoms with E-state index in [9.17, 15) is 22.4 Å². The average molecular weight is 401 g/mol. The van der Waals surface area contributed by atoms with Gasteiger partial charge in [-0.2, -0.15) is 0 Å². The molecule has 10 heteroatoms. The zero-order valence-electron chi connectivity index (χ0n) is 13.3. The Morgan fingerprint density at radius 1 is 1.19 bits per heavy atom. The van der Waals surface area contributed by atoms with Crippen molar-refractivity contribution in [3.8, 4) is 0 Å². The second-order valence-electron chi connectivity index (χ2n) is 5.07. The van der Waals surface area contributed by atoms with Crippen LogP contribution in [0.15, 0.2) is 47.5 Å². The lowest BCUT2D eigenvalue weighted by molar-refractivity contribution is -0.146. The highest BCUT2D eigenvalue weighted by molar-refractivity contribution is 7.91. The Balaban J connectivity index is 1.80. The minimum absolute atomic E-state index is 0.0811. The number of pyridine rings is 1. The average Bonchev–Trinajstić information content (AvgIpc) is 2.60. The molecule has 1 N–H and O–H groups in total. The van der Waals surface area contributed by atoms with Crippen LogP contribution in [0.3, 0.4) is 0 Å². The molecule has 0 aliphatic carbocycles. The van der Waals surface area contributed by atoms with Gasteiger partial charge in [0.2, 0.25) is 0 Å². The lowest BCUT2D eigenvalue weighted by Gasteiger charge is -2.08. The van der Waals surface area contributed by atoms with Gasteiger partial charge in [0.05, 0.1) is 22.8 Å². The largest absolute Gasteiger partial charge is 0.456 e. The van der Waals surface area contributed by atoms with Crippen molar-refractivity contribution in [3.63, 3.8) is 0 Å². The van der Waals surface area contributed by atoms with Gasteiger partial charge in [0.1, 0.15) is 5.82 Å². The Hall–Kier alpha value is -2.52. The van der Waals surface area contributed by atoms with Crippen LogP contribution < -0.4 is 5.32 Å². The lowest BCUT2D eigenvalue weighted by Crippen LogP contribution is -2.22. The molecule has 2 aromatic rings. The number of amides is 1. The van der Waals surface area contributed by atoms with Crippen LogP contribution >= 0.6 is 11.6 Å². The van der Waals surface area contributed by atoms with Gasteiger partial charge in [0.25, 0.3) is 5.91 Å². The number of hydrogen-bond acceptors (Lipinski definition) is 6. The van der Waals surface area contributed by atoms with E-state index in [1.165, 1.54) is 12.3 Å². The SMILES string of the molecule is O=C(COC(=O)CCS(=O)(=O)c1ccc(F)cc1)Nc1cccnc1Cl. The van der Waals surface area contributed by atoms with Crippen molar-refractivity contribution in [3.05, 3.63) is 53.6 Å². The molecule has 138 valence electrons. The first-order chi connectivity index (χ1) is 12.3. The number of benzene rings is 1. The molecule has 1 heterocycles. The highest BCUT2D eigenvalue weighted by Gasteiger charge is 2.18. The van der Waals surface area contributed by atoms with E-state index >= 15 is 0 Å². The molecule has 1 amide bonds. The molecule has 0 aliphatic heterocycles. The Bertz CT molecular complexity index is 903. The fourth-order valence-electron chi connectivity index (χ4n) is 1.86. The van der Waals surface area contributed by atoms with E-state index in [4.69, 9.17) is 16.3 Å². The highest BCUT2D eigenvalue weighted by atomic mass is 35.5. The molecule has 0 saturated carbocycles. The molecule has 7 nitrogen and oxygen atoms in total. The van der Waals surface area contributed by atoms with E-state index in [2.05, 4.69) is 10.3 Å². The maximum absolute atomic E-state index is 12.8. The van der Waals surface area contributed by atoms with E-state index in [1.54, 1.807) is 6.07 Å². The van der Waals surface area contributed by atoms with E-state index in [0.717, 1.165) is 24.3 Å². The number of carbonyl (C=O) groups is 2. The van der Waals surface area contributed by atoms with Gasteiger partial charge in [0, 0.05) is 6.20 Å². The van der Waals surface area contributed by atoms with Gasteiger partial charge in [-0.1, -0.05) is 11.6 Å². The zero-order chi connectivity index (χ0) is 19.2. The van der Waals surface area contributed by atoms with Crippen LogP contribution in [0.1, 0.15) is 6.42 Å². The molecule has 26 heavy (non-hydrogen) atoms. The standard InChI is InChI=1S/C16H14ClFN2O5S/c17-16-13(2-1-8-19-16)20-14(21)10-25-15(22)7-9-26(23,24)12-5-3-11(18)4-6-12/h1-6,8H,7,9-10H2,(H,20,21). The predicted molar refractivity (Wildman–Crippen MR) is 91.9 cm³/mol. The molecule has 0 saturated heterocycles. The summed E-state index contributed by atoms with van der Waals surface area (Å²) in [6, 6.07) is 7.33. The molecule has 2 rings (SSSR count). The van der Waals surface area contributed by atoms with E-state index < -0.39 is 46.3 Å². The summed E-state index contributed by atoms with van der Waals surface area (Å²) in [5, 5.41) is 2.49. The van der Waals surface area contributed by atoms with Gasteiger partial charge in [-0.25, -0.2) is 17.8 Å². The molecule has 0 aliphatic rings. The molecular formula is C16H14ClFN2O5S. The first-order valence-electron chi connectivity index (χ1n) is 7.32. The Labute approximate surface area is 154 Å². The van der Waals surface area contributed by atoms with E-state index in [1.807, 2.05) is 0 Å². The van der Waals surface area contributed by atoms with Crippen molar-refractivity contribution in [2.45, 2.75) is 11.3 Å². The number of aromatic nitrogens is 1. The molecule has 0 atom stereocenters. The zero-order valence-corrected chi connectivity index (χ0v) is 14.9. The predicted octanol–water partition coefficient (Wildman–Crippen LogP) is 2.22. The maximum atomic E-state index is 12.8. The number of nitrogens with zero attached hydrogens (tertiary/aromatic N) is 1. The third-order valence-electron chi connectivity index (χ3n) is 3.15. The van der Waals surface area contributed by atoms with Gasteiger partial charge in [-0.05, 0) is 36.4 Å². The van der Waals surface area contributed by atoms with Gasteiger partial charge in [0.15, 0.2) is 21.6 Å². The van der Waals surface area contributed by atoms with E-state index in [-0.39, 0.29) is 15.7 Å². The Kier molecular flexibility index (Phi) is 6.64. The number of carbonyl (C=O) groups excluding carboxylic acids is 2. The second kappa shape index (κ2) is 8.72. The number of halogens is 2. The number of sulfone groups is 1. The quantitative estimate of drug-likeness (QED) is 0.434. The van der Waals surface area contributed by atoms with Crippen LogP contribution in [0.5, 0.6) is 0 Å². The van der Waals surface area contributed by atoms with Crippen LogP contribution in [0.25, 0.3) is 0 Å². The van der Waals surface area contributed by atoms with Crippen molar-refractivity contribution in [2.24, 2.45) is 0 Å². The van der Waals surface area contributed by atoms with Gasteiger partial charge >= 0.3 is 5.97 Å². The normalized spacial score (nSPS) is 11.0. The van der Waals surface area contributed by atoms with Crippen LogP contribution in [0.2, 0.25) is 5.15 Å². The molecule has 0 radical (unpaired) electrons. The summed E-state index contributed by atoms with van der Waals surface area (Å²) in [7, 11) is -3.76. The summed E-state index contributed by atoms with van der Waals surface area (Å²) in [6.07, 6.45) is 1.00. The topological polar surface area (TPSA) is 102 Å². The third kappa shape index (κ3) is 5.78. The number of hydrogen-bond donors (Lipinski definition) is 1. The Morgan fingerprint density at radius 2 is 1.88 bits per heavy atom. The summed E-state index contributed by atoms with van der Waals surface area (Å²) >= 11 is 5.78. The molecule has 0 unspecified atom stereocenters. The Morgan fingerprint density at radius 3 is 2.54 bits per heavy atom. The smallest absolute Gasteiger partial charge is 0.307 e. The molecular weight excluding hydrogens is 387 g/mol. The molecule has 1 aromatic carbocycles. The minimum atomic E-state index is -3.76. The minimum Gasteiger partial charge on any atom is -0.456 e. The van der Waals surface area contributed by atoms with E-state index in [0.29, 0.717) is 0 Å². The summed E-state index contributed by atoms with van der Waals surface area (Å²) in [6.45, 7) is -0.597. The first kappa shape index (κ1) is 19.8. The third-order valence-corrected chi connectivity index (χ3v) is 5.18. The number of esters is 1. The maximum Gasteiger partial charge on any atom is 0.307 e. The number of anilines is 1. The summed E-state index contributed by atoms with van der Waals surface area (Å²) in [5.74, 6) is -2.59. The number of rotatable bonds is 7.